The van der Waals surface area contributed by atoms with Crippen molar-refractivity contribution in [3.8, 4) is 0 Å². The number of nitrogens with zero attached hydrogens (tertiary/aromatic N) is 2. The van der Waals surface area contributed by atoms with Gasteiger partial charge in [-0.2, -0.15) is 0 Å². The van der Waals surface area contributed by atoms with Crippen LogP contribution in [0.1, 0.15) is 22.8 Å². The van der Waals surface area contributed by atoms with E-state index in [9.17, 15) is 14.9 Å². The molecule has 0 saturated carbocycles. The van der Waals surface area contributed by atoms with Gasteiger partial charge in [-0.3, -0.25) is 14.9 Å². The molecule has 2 rings (SSSR count). The molecule has 0 unspecified atom stereocenters. The molecule has 120 valence electrons. The Hall–Kier alpha value is -2.89. The maximum absolute atomic E-state index is 12.6. The lowest BCUT2D eigenvalue weighted by Crippen LogP contribution is -2.18. The second kappa shape index (κ2) is 6.91. The van der Waals surface area contributed by atoms with Crippen molar-refractivity contribution in [2.24, 2.45) is 0 Å². The van der Waals surface area contributed by atoms with Crippen LogP contribution in [0.15, 0.2) is 42.5 Å². The summed E-state index contributed by atoms with van der Waals surface area (Å²) < 4.78 is 0. The molecule has 2 aromatic carbocycles. The SMILES string of the molecule is CCc1cccc(NC(=O)c2cc([N+](=O)[O-])ccc2N(C)C)c1. The third-order valence-corrected chi connectivity index (χ3v) is 3.51. The standard InChI is InChI=1S/C17H19N3O3/c1-4-12-6-5-7-13(10-12)18-17(21)15-11-14(20(22)23)8-9-16(15)19(2)3/h5-11H,4H2,1-3H3,(H,18,21). The Morgan fingerprint density at radius 2 is 1.96 bits per heavy atom. The minimum absolute atomic E-state index is 0.108. The summed E-state index contributed by atoms with van der Waals surface area (Å²) in [7, 11) is 3.57. The summed E-state index contributed by atoms with van der Waals surface area (Å²) in [5, 5.41) is 13.8. The van der Waals surface area contributed by atoms with E-state index in [0.717, 1.165) is 12.0 Å². The van der Waals surface area contributed by atoms with Crippen LogP contribution in [0.5, 0.6) is 0 Å². The highest BCUT2D eigenvalue weighted by Gasteiger charge is 2.18. The molecule has 1 amide bonds. The van der Waals surface area contributed by atoms with Crippen LogP contribution in [0.4, 0.5) is 17.1 Å². The predicted octanol–water partition coefficient (Wildman–Crippen LogP) is 3.48. The maximum atomic E-state index is 12.6. The Kier molecular flexibility index (Phi) is 4.95. The summed E-state index contributed by atoms with van der Waals surface area (Å²) in [4.78, 5) is 24.8. The van der Waals surface area contributed by atoms with Crippen molar-refractivity contribution in [1.29, 1.82) is 0 Å². The molecule has 0 atom stereocenters. The number of aryl methyl sites for hydroxylation is 1. The van der Waals surface area contributed by atoms with Crippen LogP contribution in [0.3, 0.4) is 0 Å². The molecule has 0 fully saturated rings. The van der Waals surface area contributed by atoms with Crippen LogP contribution in [-0.4, -0.2) is 24.9 Å². The predicted molar refractivity (Wildman–Crippen MR) is 91.2 cm³/mol. The number of anilines is 2. The van der Waals surface area contributed by atoms with Crippen LogP contribution in [0, 0.1) is 10.1 Å². The molecule has 23 heavy (non-hydrogen) atoms. The van der Waals surface area contributed by atoms with Gasteiger partial charge in [0.05, 0.1) is 10.5 Å². The second-order valence-corrected chi connectivity index (χ2v) is 5.36. The number of nitrogens with one attached hydrogen (secondary N) is 1. The summed E-state index contributed by atoms with van der Waals surface area (Å²) in [6.07, 6.45) is 0.865. The van der Waals surface area contributed by atoms with Crippen molar-refractivity contribution in [3.63, 3.8) is 0 Å². The second-order valence-electron chi connectivity index (χ2n) is 5.36. The highest BCUT2D eigenvalue weighted by Crippen LogP contribution is 2.25. The van der Waals surface area contributed by atoms with Gasteiger partial charge in [0.2, 0.25) is 0 Å². The maximum Gasteiger partial charge on any atom is 0.270 e. The first-order valence-electron chi connectivity index (χ1n) is 7.28. The van der Waals surface area contributed by atoms with Gasteiger partial charge >= 0.3 is 0 Å². The van der Waals surface area contributed by atoms with E-state index in [2.05, 4.69) is 5.32 Å². The van der Waals surface area contributed by atoms with E-state index in [-0.39, 0.29) is 17.2 Å². The fraction of sp³-hybridized carbons (Fsp3) is 0.235. The van der Waals surface area contributed by atoms with Crippen LogP contribution in [0.2, 0.25) is 0 Å². The average Bonchev–Trinajstić information content (AvgIpc) is 2.54. The Balaban J connectivity index is 2.36. The first-order valence-corrected chi connectivity index (χ1v) is 7.28. The molecule has 0 aliphatic carbocycles. The summed E-state index contributed by atoms with van der Waals surface area (Å²) in [5.74, 6) is -0.370. The Labute approximate surface area is 134 Å². The zero-order chi connectivity index (χ0) is 17.0. The topological polar surface area (TPSA) is 75.5 Å². The van der Waals surface area contributed by atoms with Crippen molar-refractivity contribution >= 4 is 23.0 Å². The van der Waals surface area contributed by atoms with Gasteiger partial charge in [-0.05, 0) is 30.2 Å². The number of benzene rings is 2. The molecule has 0 spiro atoms. The molecule has 0 bridgehead atoms. The summed E-state index contributed by atoms with van der Waals surface area (Å²) in [6.45, 7) is 2.03. The van der Waals surface area contributed by atoms with Crippen molar-refractivity contribution in [3.05, 3.63) is 63.7 Å². The minimum Gasteiger partial charge on any atom is -0.377 e. The fourth-order valence-electron chi connectivity index (χ4n) is 2.28. The number of non-ortho nitro benzene ring substituents is 1. The van der Waals surface area contributed by atoms with Crippen LogP contribution in [0.25, 0.3) is 0 Å². The zero-order valence-electron chi connectivity index (χ0n) is 13.4. The first-order chi connectivity index (χ1) is 10.9. The van der Waals surface area contributed by atoms with Gasteiger partial charge in [0.15, 0.2) is 0 Å². The Bertz CT molecular complexity index is 742. The smallest absolute Gasteiger partial charge is 0.270 e. The lowest BCUT2D eigenvalue weighted by molar-refractivity contribution is -0.384. The number of nitro benzene ring substituents is 1. The molecule has 6 heteroatoms. The third kappa shape index (κ3) is 3.85. The van der Waals surface area contributed by atoms with Gasteiger partial charge < -0.3 is 10.2 Å². The largest absolute Gasteiger partial charge is 0.377 e. The van der Waals surface area contributed by atoms with Crippen LogP contribution in [-0.2, 0) is 6.42 Å². The van der Waals surface area contributed by atoms with Crippen molar-refractivity contribution < 1.29 is 9.72 Å². The minimum atomic E-state index is -0.506. The highest BCUT2D eigenvalue weighted by atomic mass is 16.6. The molecule has 0 aliphatic rings. The summed E-state index contributed by atoms with van der Waals surface area (Å²) >= 11 is 0. The van der Waals surface area contributed by atoms with E-state index in [1.54, 1.807) is 31.1 Å². The molecular formula is C17H19N3O3. The molecule has 2 aromatic rings. The van der Waals surface area contributed by atoms with Gasteiger partial charge in [-0.15, -0.1) is 0 Å². The number of rotatable bonds is 5. The van der Waals surface area contributed by atoms with E-state index in [0.29, 0.717) is 11.4 Å². The molecule has 0 heterocycles. The molecule has 6 nitrogen and oxygen atoms in total. The number of nitro groups is 1. The van der Waals surface area contributed by atoms with Gasteiger partial charge in [-0.1, -0.05) is 19.1 Å². The Morgan fingerprint density at radius 1 is 1.22 bits per heavy atom. The van der Waals surface area contributed by atoms with E-state index in [4.69, 9.17) is 0 Å². The van der Waals surface area contributed by atoms with Gasteiger partial charge in [0, 0.05) is 37.6 Å². The number of carbonyl (C=O) groups excluding carboxylic acids is 1. The fourth-order valence-corrected chi connectivity index (χ4v) is 2.28. The van der Waals surface area contributed by atoms with Crippen molar-refractivity contribution in [2.75, 3.05) is 24.3 Å². The monoisotopic (exact) mass is 313 g/mol. The van der Waals surface area contributed by atoms with E-state index in [1.807, 2.05) is 25.1 Å². The van der Waals surface area contributed by atoms with E-state index >= 15 is 0 Å². The van der Waals surface area contributed by atoms with Gasteiger partial charge in [-0.25, -0.2) is 0 Å². The molecule has 0 aliphatic heterocycles. The normalized spacial score (nSPS) is 10.2. The van der Waals surface area contributed by atoms with E-state index < -0.39 is 4.92 Å². The average molecular weight is 313 g/mol. The molecule has 0 radical (unpaired) electrons. The van der Waals surface area contributed by atoms with Crippen LogP contribution >= 0.6 is 0 Å². The first kappa shape index (κ1) is 16.5. The summed E-state index contributed by atoms with van der Waals surface area (Å²) in [6, 6.07) is 11.8. The Morgan fingerprint density at radius 3 is 2.57 bits per heavy atom. The van der Waals surface area contributed by atoms with Gasteiger partial charge in [0.1, 0.15) is 0 Å². The van der Waals surface area contributed by atoms with Crippen molar-refractivity contribution in [2.45, 2.75) is 13.3 Å². The lowest BCUT2D eigenvalue weighted by atomic mass is 10.1. The van der Waals surface area contributed by atoms with Crippen LogP contribution < -0.4 is 10.2 Å². The molecule has 0 saturated heterocycles. The number of hydrogen-bond donors (Lipinski definition) is 1. The van der Waals surface area contributed by atoms with E-state index in [1.165, 1.54) is 12.1 Å². The number of amides is 1. The molecular weight excluding hydrogens is 294 g/mol. The molecule has 0 aromatic heterocycles. The zero-order valence-corrected chi connectivity index (χ0v) is 13.4. The molecule has 1 N–H and O–H groups in total. The van der Waals surface area contributed by atoms with Gasteiger partial charge in [0.25, 0.3) is 11.6 Å². The lowest BCUT2D eigenvalue weighted by Gasteiger charge is -2.17. The highest BCUT2D eigenvalue weighted by molar-refractivity contribution is 6.08. The number of carbonyl (C=O) groups is 1. The third-order valence-electron chi connectivity index (χ3n) is 3.51. The number of hydrogen-bond acceptors (Lipinski definition) is 4. The quantitative estimate of drug-likeness (QED) is 0.677. The summed E-state index contributed by atoms with van der Waals surface area (Å²) in [5.41, 5.74) is 2.56. The van der Waals surface area contributed by atoms with Crippen molar-refractivity contribution in [1.82, 2.24) is 0 Å².